The van der Waals surface area contributed by atoms with Gasteiger partial charge >= 0.3 is 0 Å². The van der Waals surface area contributed by atoms with Gasteiger partial charge in [-0.25, -0.2) is 8.42 Å². The van der Waals surface area contributed by atoms with Gasteiger partial charge in [0.25, 0.3) is 5.91 Å². The lowest BCUT2D eigenvalue weighted by Gasteiger charge is -2.29. The summed E-state index contributed by atoms with van der Waals surface area (Å²) >= 11 is 7.28. The van der Waals surface area contributed by atoms with Gasteiger partial charge in [0.1, 0.15) is 13.2 Å². The number of fused-ring (bicyclic) bond motifs is 2. The first-order valence-electron chi connectivity index (χ1n) is 10.6. The second-order valence-corrected chi connectivity index (χ2v) is 11.4. The minimum atomic E-state index is -3.61. The Morgan fingerprint density at radius 3 is 2.39 bits per heavy atom. The number of carbonyl (C=O) groups excluding carboxylic acids is 1. The van der Waals surface area contributed by atoms with E-state index < -0.39 is 10.0 Å². The summed E-state index contributed by atoms with van der Waals surface area (Å²) in [6.07, 6.45) is 0.861. The fourth-order valence-electron chi connectivity index (χ4n) is 4.06. The monoisotopic (exact) mass is 507 g/mol. The van der Waals surface area contributed by atoms with Gasteiger partial charge < -0.3 is 14.0 Å². The quantitative estimate of drug-likeness (QED) is 0.543. The number of thiazole rings is 1. The number of sulfonamides is 1. The number of aromatic nitrogens is 1. The molecule has 3 heterocycles. The molecular formula is C22H22ClN3O5S2. The van der Waals surface area contributed by atoms with Gasteiger partial charge in [0.2, 0.25) is 10.0 Å². The number of aryl methyl sites for hydroxylation is 1. The highest BCUT2D eigenvalue weighted by atomic mass is 35.5. The molecule has 33 heavy (non-hydrogen) atoms. The molecule has 1 amide bonds. The summed E-state index contributed by atoms with van der Waals surface area (Å²) in [6.45, 7) is 1.57. The summed E-state index contributed by atoms with van der Waals surface area (Å²) in [5, 5.41) is 0.481. The Labute approximate surface area is 200 Å². The molecule has 0 unspecified atom stereocenters. The molecule has 1 saturated heterocycles. The van der Waals surface area contributed by atoms with Crippen molar-refractivity contribution in [2.45, 2.75) is 17.7 Å². The van der Waals surface area contributed by atoms with Crippen LogP contribution in [0, 0.1) is 5.92 Å². The number of halogens is 1. The Balaban J connectivity index is 1.32. The van der Waals surface area contributed by atoms with Crippen molar-refractivity contribution in [3.63, 3.8) is 0 Å². The molecule has 3 aromatic rings. The van der Waals surface area contributed by atoms with Crippen LogP contribution in [-0.4, -0.2) is 49.5 Å². The van der Waals surface area contributed by atoms with Gasteiger partial charge in [-0.15, -0.1) is 0 Å². The van der Waals surface area contributed by atoms with E-state index in [1.54, 1.807) is 12.1 Å². The Morgan fingerprint density at radius 2 is 1.73 bits per heavy atom. The minimum Gasteiger partial charge on any atom is -0.486 e. The lowest BCUT2D eigenvalue weighted by molar-refractivity contribution is -0.122. The number of benzene rings is 2. The molecule has 5 rings (SSSR count). The van der Waals surface area contributed by atoms with Crippen molar-refractivity contribution in [1.82, 2.24) is 8.87 Å². The first-order chi connectivity index (χ1) is 15.8. The van der Waals surface area contributed by atoms with Crippen LogP contribution < -0.4 is 14.3 Å². The number of ether oxygens (including phenoxy) is 2. The van der Waals surface area contributed by atoms with Gasteiger partial charge in [-0.3, -0.25) is 4.79 Å². The lowest BCUT2D eigenvalue weighted by Crippen LogP contribution is -2.40. The molecule has 0 saturated carbocycles. The Kier molecular flexibility index (Phi) is 5.94. The maximum Gasteiger partial charge on any atom is 0.251 e. The van der Waals surface area contributed by atoms with Crippen LogP contribution in [-0.2, 0) is 21.9 Å². The molecular weight excluding hydrogens is 486 g/mol. The summed E-state index contributed by atoms with van der Waals surface area (Å²) in [6, 6.07) is 9.94. The molecule has 174 valence electrons. The van der Waals surface area contributed by atoms with Crippen LogP contribution in [0.5, 0.6) is 11.5 Å². The summed E-state index contributed by atoms with van der Waals surface area (Å²) in [4.78, 5) is 18.1. The smallest absolute Gasteiger partial charge is 0.251 e. The summed E-state index contributed by atoms with van der Waals surface area (Å²) in [7, 11) is -1.75. The van der Waals surface area contributed by atoms with Crippen molar-refractivity contribution in [3.8, 4) is 11.5 Å². The SMILES string of the molecule is Cn1c(=NC(=O)C2CCN(S(=O)(=O)c3ccc(Cl)cc3)CC2)sc2cc3c(cc21)OCCO3. The number of carbonyl (C=O) groups is 1. The van der Waals surface area contributed by atoms with E-state index >= 15 is 0 Å². The van der Waals surface area contributed by atoms with E-state index in [9.17, 15) is 13.2 Å². The number of amides is 1. The maximum absolute atomic E-state index is 12.9. The van der Waals surface area contributed by atoms with Crippen molar-refractivity contribution in [2.75, 3.05) is 26.3 Å². The molecule has 0 radical (unpaired) electrons. The van der Waals surface area contributed by atoms with E-state index in [4.69, 9.17) is 21.1 Å². The molecule has 0 aliphatic carbocycles. The third kappa shape index (κ3) is 4.28. The van der Waals surface area contributed by atoms with Gasteiger partial charge in [0.05, 0.1) is 15.1 Å². The topological polar surface area (TPSA) is 90.2 Å². The molecule has 0 bridgehead atoms. The lowest BCUT2D eigenvalue weighted by atomic mass is 9.98. The molecule has 2 aliphatic heterocycles. The zero-order chi connectivity index (χ0) is 23.2. The molecule has 2 aliphatic rings. The number of hydrogen-bond acceptors (Lipinski definition) is 6. The number of rotatable bonds is 3. The number of piperidine rings is 1. The molecule has 1 fully saturated rings. The molecule has 11 heteroatoms. The third-order valence-corrected chi connectivity index (χ3v) is 9.19. The summed E-state index contributed by atoms with van der Waals surface area (Å²) in [5.74, 6) is 0.849. The van der Waals surface area contributed by atoms with Crippen molar-refractivity contribution in [1.29, 1.82) is 0 Å². The predicted octanol–water partition coefficient (Wildman–Crippen LogP) is 3.19. The Bertz CT molecular complexity index is 1390. The van der Waals surface area contributed by atoms with Crippen molar-refractivity contribution in [3.05, 3.63) is 46.2 Å². The van der Waals surface area contributed by atoms with Crippen LogP contribution >= 0.6 is 22.9 Å². The van der Waals surface area contributed by atoms with Gasteiger partial charge in [-0.1, -0.05) is 22.9 Å². The van der Waals surface area contributed by atoms with Crippen LogP contribution in [0.4, 0.5) is 0 Å². The fourth-order valence-corrected chi connectivity index (χ4v) is 6.68. The maximum atomic E-state index is 12.9. The predicted molar refractivity (Wildman–Crippen MR) is 125 cm³/mol. The normalized spacial score (nSPS) is 18.1. The average Bonchev–Trinajstić information content (AvgIpc) is 3.12. The molecule has 0 N–H and O–H groups in total. The zero-order valence-electron chi connectivity index (χ0n) is 17.9. The Hall–Kier alpha value is -2.40. The van der Waals surface area contributed by atoms with Gasteiger partial charge in [0, 0.05) is 43.2 Å². The minimum absolute atomic E-state index is 0.203. The van der Waals surface area contributed by atoms with Crippen LogP contribution in [0.3, 0.4) is 0 Å². The van der Waals surface area contributed by atoms with Gasteiger partial charge in [-0.05, 0) is 37.1 Å². The molecule has 0 spiro atoms. The highest BCUT2D eigenvalue weighted by Crippen LogP contribution is 2.35. The van der Waals surface area contributed by atoms with Gasteiger partial charge in [0.15, 0.2) is 16.3 Å². The van der Waals surface area contributed by atoms with E-state index in [2.05, 4.69) is 4.99 Å². The van der Waals surface area contributed by atoms with E-state index in [-0.39, 0.29) is 29.8 Å². The molecule has 1 aromatic heterocycles. The van der Waals surface area contributed by atoms with E-state index in [0.717, 1.165) is 10.2 Å². The zero-order valence-corrected chi connectivity index (χ0v) is 20.3. The van der Waals surface area contributed by atoms with Crippen LogP contribution in [0.25, 0.3) is 10.2 Å². The van der Waals surface area contributed by atoms with E-state index in [0.29, 0.717) is 47.4 Å². The van der Waals surface area contributed by atoms with Crippen molar-refractivity contribution >= 4 is 49.1 Å². The van der Waals surface area contributed by atoms with Crippen LogP contribution in [0.15, 0.2) is 46.3 Å². The highest BCUT2D eigenvalue weighted by molar-refractivity contribution is 7.89. The average molecular weight is 508 g/mol. The second kappa shape index (κ2) is 8.75. The number of hydrogen-bond donors (Lipinski definition) is 0. The van der Waals surface area contributed by atoms with Crippen molar-refractivity contribution < 1.29 is 22.7 Å². The highest BCUT2D eigenvalue weighted by Gasteiger charge is 2.32. The van der Waals surface area contributed by atoms with Crippen molar-refractivity contribution in [2.24, 2.45) is 18.0 Å². The first kappa shape index (κ1) is 22.4. The van der Waals surface area contributed by atoms with E-state index in [1.165, 1.54) is 27.8 Å². The summed E-state index contributed by atoms with van der Waals surface area (Å²) < 4.78 is 41.3. The molecule has 2 aromatic carbocycles. The Morgan fingerprint density at radius 1 is 1.09 bits per heavy atom. The first-order valence-corrected chi connectivity index (χ1v) is 13.2. The molecule has 0 atom stereocenters. The second-order valence-electron chi connectivity index (χ2n) is 7.99. The summed E-state index contributed by atoms with van der Waals surface area (Å²) in [5.41, 5.74) is 0.916. The van der Waals surface area contributed by atoms with Crippen LogP contribution in [0.1, 0.15) is 12.8 Å². The standard InChI is InChI=1S/C22H22ClN3O5S2/c1-25-17-12-18-19(31-11-10-30-18)13-20(17)32-22(25)24-21(27)14-6-8-26(9-7-14)33(28,29)16-4-2-15(23)3-5-16/h2-5,12-14H,6-11H2,1H3. The fraction of sp³-hybridized carbons (Fsp3) is 0.364. The van der Waals surface area contributed by atoms with E-state index in [1.807, 2.05) is 23.7 Å². The van der Waals surface area contributed by atoms with Crippen LogP contribution in [0.2, 0.25) is 5.02 Å². The number of nitrogens with zero attached hydrogens (tertiary/aromatic N) is 3. The third-order valence-electron chi connectivity index (χ3n) is 5.93. The largest absolute Gasteiger partial charge is 0.486 e. The molecule has 8 nitrogen and oxygen atoms in total. The van der Waals surface area contributed by atoms with Gasteiger partial charge in [-0.2, -0.15) is 9.30 Å².